The second-order valence-corrected chi connectivity index (χ2v) is 4.82. The molecular weight excluding hydrogens is 322 g/mol. The molecule has 0 unspecified atom stereocenters. The maximum absolute atomic E-state index is 5.37. The molecule has 0 aliphatic rings. The summed E-state index contributed by atoms with van der Waals surface area (Å²) in [5.74, 6) is 0.834. The van der Waals surface area contributed by atoms with E-state index in [0.717, 1.165) is 26.0 Å². The fourth-order valence-corrected chi connectivity index (χ4v) is 2.85. The van der Waals surface area contributed by atoms with Crippen LogP contribution in [-0.4, -0.2) is 12.1 Å². The average molecular weight is 331 g/mol. The van der Waals surface area contributed by atoms with Gasteiger partial charge in [-0.05, 0) is 40.2 Å². The van der Waals surface area contributed by atoms with Crippen LogP contribution in [0.5, 0.6) is 5.75 Å². The van der Waals surface area contributed by atoms with Gasteiger partial charge in [-0.15, -0.1) is 0 Å². The molecule has 0 spiro atoms. The monoisotopic (exact) mass is 329 g/mol. The molecule has 1 aromatic carbocycles. The van der Waals surface area contributed by atoms with Crippen molar-refractivity contribution in [1.82, 2.24) is 4.98 Å². The van der Waals surface area contributed by atoms with E-state index in [1.807, 2.05) is 30.5 Å². The Balaban J connectivity index is 2.64. The van der Waals surface area contributed by atoms with Gasteiger partial charge < -0.3 is 9.72 Å². The Morgan fingerprint density at radius 1 is 1.27 bits per heavy atom. The Labute approximate surface area is 105 Å². The molecule has 0 bridgehead atoms. The highest BCUT2D eigenvalue weighted by Gasteiger charge is 2.11. The zero-order valence-corrected chi connectivity index (χ0v) is 11.2. The standard InChI is InChI=1S/C11H9Br2NO/c1-15-11-8(10-3-2-4-14-10)5-7(12)6-9(11)13/h2-6,14H,1H3. The zero-order chi connectivity index (χ0) is 10.8. The largest absolute Gasteiger partial charge is 0.495 e. The summed E-state index contributed by atoms with van der Waals surface area (Å²) in [4.78, 5) is 3.16. The van der Waals surface area contributed by atoms with Gasteiger partial charge in [-0.25, -0.2) is 0 Å². The lowest BCUT2D eigenvalue weighted by Gasteiger charge is -2.10. The number of hydrogen-bond donors (Lipinski definition) is 1. The minimum Gasteiger partial charge on any atom is -0.495 e. The van der Waals surface area contributed by atoms with E-state index in [-0.39, 0.29) is 0 Å². The number of rotatable bonds is 2. The van der Waals surface area contributed by atoms with Crippen molar-refractivity contribution in [3.05, 3.63) is 39.4 Å². The lowest BCUT2D eigenvalue weighted by Crippen LogP contribution is -1.89. The molecule has 4 heteroatoms. The summed E-state index contributed by atoms with van der Waals surface area (Å²) >= 11 is 6.94. The second-order valence-electron chi connectivity index (χ2n) is 3.05. The molecule has 2 rings (SSSR count). The number of nitrogens with one attached hydrogen (secondary N) is 1. The molecule has 0 amide bonds. The predicted molar refractivity (Wildman–Crippen MR) is 68.2 cm³/mol. The van der Waals surface area contributed by atoms with Crippen LogP contribution in [0.3, 0.4) is 0 Å². The third-order valence-electron chi connectivity index (χ3n) is 2.10. The molecule has 78 valence electrons. The molecule has 1 heterocycles. The van der Waals surface area contributed by atoms with E-state index in [9.17, 15) is 0 Å². The van der Waals surface area contributed by atoms with Gasteiger partial charge >= 0.3 is 0 Å². The third-order valence-corrected chi connectivity index (χ3v) is 3.15. The van der Waals surface area contributed by atoms with Crippen molar-refractivity contribution in [2.45, 2.75) is 0 Å². The Bertz CT molecular complexity index is 466. The molecule has 15 heavy (non-hydrogen) atoms. The van der Waals surface area contributed by atoms with Crippen LogP contribution < -0.4 is 4.74 Å². The van der Waals surface area contributed by atoms with E-state index < -0.39 is 0 Å². The van der Waals surface area contributed by atoms with Gasteiger partial charge in [0.25, 0.3) is 0 Å². The number of aromatic nitrogens is 1. The number of methoxy groups -OCH3 is 1. The van der Waals surface area contributed by atoms with Gasteiger partial charge in [0.15, 0.2) is 0 Å². The number of hydrogen-bond acceptors (Lipinski definition) is 1. The molecule has 0 atom stereocenters. The number of H-pyrrole nitrogens is 1. The van der Waals surface area contributed by atoms with Gasteiger partial charge in [0.1, 0.15) is 5.75 Å². The van der Waals surface area contributed by atoms with E-state index in [1.165, 1.54) is 0 Å². The van der Waals surface area contributed by atoms with Crippen LogP contribution in [0.15, 0.2) is 39.4 Å². The van der Waals surface area contributed by atoms with Crippen molar-refractivity contribution in [3.8, 4) is 17.0 Å². The van der Waals surface area contributed by atoms with Crippen molar-refractivity contribution in [2.75, 3.05) is 7.11 Å². The van der Waals surface area contributed by atoms with Gasteiger partial charge in [0, 0.05) is 21.9 Å². The second kappa shape index (κ2) is 4.41. The van der Waals surface area contributed by atoms with Crippen LogP contribution in [0.1, 0.15) is 0 Å². The van der Waals surface area contributed by atoms with Crippen LogP contribution in [0, 0.1) is 0 Å². The Morgan fingerprint density at radius 2 is 2.07 bits per heavy atom. The fraction of sp³-hybridized carbons (Fsp3) is 0.0909. The number of aromatic amines is 1. The first kappa shape index (κ1) is 10.8. The van der Waals surface area contributed by atoms with E-state index in [1.54, 1.807) is 7.11 Å². The summed E-state index contributed by atoms with van der Waals surface area (Å²) in [5.41, 5.74) is 2.07. The van der Waals surface area contributed by atoms with Crippen molar-refractivity contribution in [1.29, 1.82) is 0 Å². The third kappa shape index (κ3) is 2.11. The first-order valence-electron chi connectivity index (χ1n) is 4.39. The summed E-state index contributed by atoms with van der Waals surface area (Å²) in [6.45, 7) is 0. The van der Waals surface area contributed by atoms with Gasteiger partial charge in [0.05, 0.1) is 11.6 Å². The number of ether oxygens (including phenoxy) is 1. The first-order chi connectivity index (χ1) is 7.22. The maximum Gasteiger partial charge on any atom is 0.142 e. The van der Waals surface area contributed by atoms with Gasteiger partial charge in [-0.2, -0.15) is 0 Å². The Hall–Kier alpha value is -0.740. The molecule has 0 saturated carbocycles. The highest BCUT2D eigenvalue weighted by molar-refractivity contribution is 9.11. The summed E-state index contributed by atoms with van der Waals surface area (Å²) in [5, 5.41) is 0. The van der Waals surface area contributed by atoms with Crippen molar-refractivity contribution in [3.63, 3.8) is 0 Å². The maximum atomic E-state index is 5.37. The van der Waals surface area contributed by atoms with Crippen LogP contribution in [-0.2, 0) is 0 Å². The van der Waals surface area contributed by atoms with Gasteiger partial charge in [0.2, 0.25) is 0 Å². The quantitative estimate of drug-likeness (QED) is 0.876. The van der Waals surface area contributed by atoms with Crippen molar-refractivity contribution >= 4 is 31.9 Å². The van der Waals surface area contributed by atoms with Crippen LogP contribution in [0.4, 0.5) is 0 Å². The lowest BCUT2D eigenvalue weighted by atomic mass is 10.1. The highest BCUT2D eigenvalue weighted by atomic mass is 79.9. The molecule has 1 aromatic heterocycles. The molecular formula is C11H9Br2NO. The van der Waals surface area contributed by atoms with Crippen molar-refractivity contribution in [2.24, 2.45) is 0 Å². The lowest BCUT2D eigenvalue weighted by molar-refractivity contribution is 0.413. The summed E-state index contributed by atoms with van der Waals surface area (Å²) in [6, 6.07) is 7.96. The normalized spacial score (nSPS) is 10.3. The SMILES string of the molecule is COc1c(Br)cc(Br)cc1-c1ccc[nH]1. The molecule has 1 N–H and O–H groups in total. The van der Waals surface area contributed by atoms with Crippen LogP contribution >= 0.6 is 31.9 Å². The number of halogens is 2. The molecule has 0 radical (unpaired) electrons. The molecule has 2 nitrogen and oxygen atoms in total. The van der Waals surface area contributed by atoms with Crippen LogP contribution in [0.25, 0.3) is 11.3 Å². The van der Waals surface area contributed by atoms with E-state index in [0.29, 0.717) is 0 Å². The minimum absolute atomic E-state index is 0.834. The molecule has 0 saturated heterocycles. The topological polar surface area (TPSA) is 25.0 Å². The smallest absolute Gasteiger partial charge is 0.142 e. The van der Waals surface area contributed by atoms with Gasteiger partial charge in [-0.3, -0.25) is 0 Å². The van der Waals surface area contributed by atoms with Crippen LogP contribution in [0.2, 0.25) is 0 Å². The molecule has 2 aromatic rings. The van der Waals surface area contributed by atoms with Gasteiger partial charge in [-0.1, -0.05) is 15.9 Å². The molecule has 0 aliphatic carbocycles. The Morgan fingerprint density at radius 3 is 2.67 bits per heavy atom. The highest BCUT2D eigenvalue weighted by Crippen LogP contribution is 2.38. The Kier molecular flexibility index (Phi) is 3.17. The predicted octanol–water partition coefficient (Wildman–Crippen LogP) is 4.22. The first-order valence-corrected chi connectivity index (χ1v) is 5.98. The number of benzene rings is 1. The molecule has 0 fully saturated rings. The zero-order valence-electron chi connectivity index (χ0n) is 8.05. The van der Waals surface area contributed by atoms with Crippen molar-refractivity contribution < 1.29 is 4.74 Å². The molecule has 0 aliphatic heterocycles. The summed E-state index contributed by atoms with van der Waals surface area (Å²) in [6.07, 6.45) is 1.89. The average Bonchev–Trinajstić information content (AvgIpc) is 2.69. The summed E-state index contributed by atoms with van der Waals surface area (Å²) < 4.78 is 7.32. The minimum atomic E-state index is 0.834. The van der Waals surface area contributed by atoms with E-state index in [4.69, 9.17) is 4.74 Å². The fourth-order valence-electron chi connectivity index (χ4n) is 1.47. The summed E-state index contributed by atoms with van der Waals surface area (Å²) in [7, 11) is 1.67. The van der Waals surface area contributed by atoms with E-state index in [2.05, 4.69) is 36.8 Å². The van der Waals surface area contributed by atoms with E-state index >= 15 is 0 Å².